The van der Waals surface area contributed by atoms with Gasteiger partial charge in [0, 0.05) is 33.2 Å². The van der Waals surface area contributed by atoms with Crippen LogP contribution in [-0.4, -0.2) is 46.0 Å². The van der Waals surface area contributed by atoms with Crippen LogP contribution in [0.25, 0.3) is 21.8 Å². The predicted molar refractivity (Wildman–Crippen MR) is 128 cm³/mol. The molecule has 0 fully saturated rings. The first-order chi connectivity index (χ1) is 16.0. The number of amides is 1. The van der Waals surface area contributed by atoms with Crippen LogP contribution in [0, 0.1) is 11.8 Å². The van der Waals surface area contributed by atoms with Crippen LogP contribution < -0.4 is 5.32 Å². The van der Waals surface area contributed by atoms with Gasteiger partial charge >= 0.3 is 5.97 Å². The molecule has 0 radical (unpaired) electrons. The minimum Gasteiger partial charge on any atom is -0.481 e. The third-order valence-corrected chi connectivity index (χ3v) is 6.16. The summed E-state index contributed by atoms with van der Waals surface area (Å²) in [6, 6.07) is 8.66. The molecule has 0 aliphatic heterocycles. The Balaban J connectivity index is 1.96. The quantitative estimate of drug-likeness (QED) is 0.427. The predicted octanol–water partition coefficient (Wildman–Crippen LogP) is 4.90. The van der Waals surface area contributed by atoms with Gasteiger partial charge in [0.05, 0.1) is 17.5 Å². The number of aliphatic carboxylic acids is 1. The lowest BCUT2D eigenvalue weighted by Crippen LogP contribution is -2.47. The van der Waals surface area contributed by atoms with Gasteiger partial charge in [-0.2, -0.15) is 0 Å². The monoisotopic (exact) mass is 508 g/mol. The van der Waals surface area contributed by atoms with Gasteiger partial charge in [0.15, 0.2) is 5.78 Å². The van der Waals surface area contributed by atoms with Crippen molar-refractivity contribution >= 4 is 68.6 Å². The standard InChI is InChI=1S/C24H23Cl2FN2O5/c1-12(2)15(24(34)28-18(10-23(32)33)21(30)11-27)9-22(31)29-19-5-3-13(25)7-16(19)17-8-14(26)4-6-20(17)29/h3-8,12,15,18H,9-11H2,1-2H3,(H,28,34)(H,32,33)/t15-,18?/m0/s1. The van der Waals surface area contributed by atoms with Crippen LogP contribution in [0.15, 0.2) is 36.4 Å². The molecule has 1 heterocycles. The van der Waals surface area contributed by atoms with E-state index in [-0.39, 0.29) is 18.2 Å². The Morgan fingerprint density at radius 3 is 1.94 bits per heavy atom. The second-order valence-electron chi connectivity index (χ2n) is 8.37. The second-order valence-corrected chi connectivity index (χ2v) is 9.24. The van der Waals surface area contributed by atoms with Crippen LogP contribution in [0.4, 0.5) is 4.39 Å². The molecule has 3 rings (SSSR count). The summed E-state index contributed by atoms with van der Waals surface area (Å²) in [5, 5.41) is 13.7. The number of carbonyl (C=O) groups is 4. The van der Waals surface area contributed by atoms with Crippen LogP contribution in [0.5, 0.6) is 0 Å². The molecule has 10 heteroatoms. The van der Waals surface area contributed by atoms with E-state index in [4.69, 9.17) is 28.3 Å². The van der Waals surface area contributed by atoms with Crippen molar-refractivity contribution in [3.63, 3.8) is 0 Å². The number of carbonyl (C=O) groups excluding carboxylic acids is 3. The summed E-state index contributed by atoms with van der Waals surface area (Å²) >= 11 is 12.3. The van der Waals surface area contributed by atoms with Crippen molar-refractivity contribution in [3.05, 3.63) is 46.4 Å². The Hall–Kier alpha value is -2.97. The van der Waals surface area contributed by atoms with Gasteiger partial charge in [0.1, 0.15) is 12.7 Å². The summed E-state index contributed by atoms with van der Waals surface area (Å²) in [7, 11) is 0. The molecular weight excluding hydrogens is 486 g/mol. The third kappa shape index (κ3) is 5.39. The fourth-order valence-corrected chi connectivity index (χ4v) is 4.28. The fraction of sp³-hybridized carbons (Fsp3) is 0.333. The maximum Gasteiger partial charge on any atom is 0.305 e. The number of rotatable bonds is 9. The molecule has 7 nitrogen and oxygen atoms in total. The maximum atomic E-state index is 13.5. The van der Waals surface area contributed by atoms with Crippen molar-refractivity contribution < 1.29 is 28.7 Å². The van der Waals surface area contributed by atoms with Crippen molar-refractivity contribution in [2.75, 3.05) is 6.67 Å². The summed E-state index contributed by atoms with van der Waals surface area (Å²) < 4.78 is 14.4. The lowest BCUT2D eigenvalue weighted by Gasteiger charge is -2.23. The highest BCUT2D eigenvalue weighted by atomic mass is 35.5. The Bertz CT molecular complexity index is 1230. The SMILES string of the molecule is CC(C)[C@H](CC(=O)n1c2ccc(Cl)cc2c2cc(Cl)ccc21)C(=O)NC(CC(=O)O)C(=O)CF. The smallest absolute Gasteiger partial charge is 0.305 e. The number of benzene rings is 2. The number of hydrogen-bond acceptors (Lipinski definition) is 4. The molecule has 0 aliphatic carbocycles. The van der Waals surface area contributed by atoms with E-state index in [0.717, 1.165) is 10.8 Å². The summed E-state index contributed by atoms with van der Waals surface area (Å²) in [5.41, 5.74) is 1.18. The molecule has 180 valence electrons. The molecule has 0 saturated heterocycles. The zero-order chi connectivity index (χ0) is 25.2. The molecule has 1 amide bonds. The minimum absolute atomic E-state index is 0.225. The number of alkyl halides is 1. The van der Waals surface area contributed by atoms with Gasteiger partial charge in [-0.25, -0.2) is 4.39 Å². The number of carboxylic acid groups (broad SMARTS) is 1. The van der Waals surface area contributed by atoms with Gasteiger partial charge in [-0.3, -0.25) is 23.7 Å². The number of Topliss-reactive ketones (excluding diaryl/α,β-unsaturated/α-hetero) is 1. The average molecular weight is 509 g/mol. The van der Waals surface area contributed by atoms with Crippen LogP contribution in [0.2, 0.25) is 10.0 Å². The molecule has 0 saturated carbocycles. The number of fused-ring (bicyclic) bond motifs is 3. The first-order valence-corrected chi connectivity index (χ1v) is 11.3. The van der Waals surface area contributed by atoms with Crippen LogP contribution in [0.1, 0.15) is 31.5 Å². The van der Waals surface area contributed by atoms with E-state index in [1.165, 1.54) is 4.57 Å². The zero-order valence-electron chi connectivity index (χ0n) is 18.5. The van der Waals surface area contributed by atoms with Gasteiger partial charge in [0.2, 0.25) is 11.8 Å². The Kier molecular flexibility index (Phi) is 7.94. The van der Waals surface area contributed by atoms with Crippen molar-refractivity contribution in [1.82, 2.24) is 9.88 Å². The normalized spacial score (nSPS) is 13.2. The first-order valence-electron chi connectivity index (χ1n) is 10.6. The second kappa shape index (κ2) is 10.5. The summed E-state index contributed by atoms with van der Waals surface area (Å²) in [4.78, 5) is 49.2. The van der Waals surface area contributed by atoms with Crippen molar-refractivity contribution in [1.29, 1.82) is 0 Å². The molecular formula is C24H23Cl2FN2O5. The number of carboxylic acids is 1. The van der Waals surface area contributed by atoms with Crippen molar-refractivity contribution in [3.8, 4) is 0 Å². The molecule has 0 bridgehead atoms. The number of ketones is 1. The molecule has 1 aromatic heterocycles. The van der Waals surface area contributed by atoms with E-state index in [2.05, 4.69) is 5.32 Å². The van der Waals surface area contributed by atoms with E-state index in [1.54, 1.807) is 50.2 Å². The van der Waals surface area contributed by atoms with E-state index < -0.39 is 42.7 Å². The minimum atomic E-state index is -1.51. The topological polar surface area (TPSA) is 105 Å². The number of halogens is 3. The molecule has 2 N–H and O–H groups in total. The highest BCUT2D eigenvalue weighted by molar-refractivity contribution is 6.33. The fourth-order valence-electron chi connectivity index (χ4n) is 3.94. The number of hydrogen-bond donors (Lipinski definition) is 2. The van der Waals surface area contributed by atoms with Gasteiger partial charge in [-0.05, 0) is 42.3 Å². The number of nitrogens with zero attached hydrogens (tertiary/aromatic N) is 1. The molecule has 2 atom stereocenters. The van der Waals surface area contributed by atoms with E-state index in [1.807, 2.05) is 0 Å². The summed E-state index contributed by atoms with van der Waals surface area (Å²) in [5.74, 6) is -4.68. The Morgan fingerprint density at radius 1 is 0.971 bits per heavy atom. The van der Waals surface area contributed by atoms with E-state index in [0.29, 0.717) is 21.1 Å². The molecule has 34 heavy (non-hydrogen) atoms. The molecule has 1 unspecified atom stereocenters. The molecule has 3 aromatic rings. The first kappa shape index (κ1) is 25.6. The van der Waals surface area contributed by atoms with Gasteiger partial charge in [-0.1, -0.05) is 37.0 Å². The Morgan fingerprint density at radius 2 is 1.50 bits per heavy atom. The van der Waals surface area contributed by atoms with Gasteiger partial charge in [0.25, 0.3) is 0 Å². The highest BCUT2D eigenvalue weighted by Gasteiger charge is 2.31. The third-order valence-electron chi connectivity index (χ3n) is 5.69. The van der Waals surface area contributed by atoms with Crippen LogP contribution in [-0.2, 0) is 14.4 Å². The van der Waals surface area contributed by atoms with Crippen molar-refractivity contribution in [2.45, 2.75) is 32.7 Å². The maximum absolute atomic E-state index is 13.5. The van der Waals surface area contributed by atoms with Crippen LogP contribution >= 0.6 is 23.2 Å². The van der Waals surface area contributed by atoms with Crippen molar-refractivity contribution in [2.24, 2.45) is 11.8 Å². The molecule has 2 aromatic carbocycles. The van der Waals surface area contributed by atoms with Gasteiger partial charge < -0.3 is 10.4 Å². The lowest BCUT2D eigenvalue weighted by molar-refractivity contribution is -0.140. The molecule has 0 aliphatic rings. The highest BCUT2D eigenvalue weighted by Crippen LogP contribution is 2.33. The lowest BCUT2D eigenvalue weighted by atomic mass is 9.90. The largest absolute Gasteiger partial charge is 0.481 e. The van der Waals surface area contributed by atoms with Crippen LogP contribution in [0.3, 0.4) is 0 Å². The number of aromatic nitrogens is 1. The zero-order valence-corrected chi connectivity index (χ0v) is 20.0. The van der Waals surface area contributed by atoms with Gasteiger partial charge in [-0.15, -0.1) is 0 Å². The summed E-state index contributed by atoms with van der Waals surface area (Å²) in [6.07, 6.45) is -0.973. The van der Waals surface area contributed by atoms with E-state index >= 15 is 0 Å². The Labute approximate surface area is 204 Å². The summed E-state index contributed by atoms with van der Waals surface area (Å²) in [6.45, 7) is 2.05. The average Bonchev–Trinajstić information content (AvgIpc) is 3.08. The van der Waals surface area contributed by atoms with E-state index in [9.17, 15) is 23.6 Å². The number of nitrogens with one attached hydrogen (secondary N) is 1. The molecule has 0 spiro atoms.